The highest BCUT2D eigenvalue weighted by atomic mass is 35.5. The third-order valence-electron chi connectivity index (χ3n) is 3.03. The van der Waals surface area contributed by atoms with Crippen LogP contribution in [-0.4, -0.2) is 17.5 Å². The maximum Gasteiger partial charge on any atom is 0.329 e. The van der Waals surface area contributed by atoms with Gasteiger partial charge in [0.05, 0.1) is 15.8 Å². The molecule has 128 valence electrons. The molecule has 2 aromatic rings. The van der Waals surface area contributed by atoms with Crippen molar-refractivity contribution in [2.24, 2.45) is 5.10 Å². The Bertz CT molecular complexity index is 833. The molecular formula is C18H15Cl2N3O2. The lowest BCUT2D eigenvalue weighted by atomic mass is 10.2. The number of anilines is 1. The van der Waals surface area contributed by atoms with Gasteiger partial charge in [-0.3, -0.25) is 9.59 Å². The molecule has 0 fully saturated rings. The largest absolute Gasteiger partial charge is 0.329 e. The van der Waals surface area contributed by atoms with Crippen LogP contribution < -0.4 is 10.7 Å². The average molecular weight is 376 g/mol. The van der Waals surface area contributed by atoms with E-state index < -0.39 is 11.8 Å². The second-order valence-electron chi connectivity index (χ2n) is 5.02. The summed E-state index contributed by atoms with van der Waals surface area (Å²) in [5.74, 6) is -1.75. The maximum atomic E-state index is 11.8. The second kappa shape index (κ2) is 9.01. The van der Waals surface area contributed by atoms with Crippen LogP contribution in [-0.2, 0) is 9.59 Å². The zero-order chi connectivity index (χ0) is 18.2. The van der Waals surface area contributed by atoms with Crippen LogP contribution in [0, 0.1) is 0 Å². The van der Waals surface area contributed by atoms with E-state index in [-0.39, 0.29) is 5.02 Å². The van der Waals surface area contributed by atoms with Gasteiger partial charge in [0.1, 0.15) is 0 Å². The predicted molar refractivity (Wildman–Crippen MR) is 102 cm³/mol. The number of carbonyl (C=O) groups is 2. The van der Waals surface area contributed by atoms with E-state index in [2.05, 4.69) is 15.8 Å². The molecule has 0 aliphatic heterocycles. The Morgan fingerprint density at radius 1 is 1.00 bits per heavy atom. The van der Waals surface area contributed by atoms with Crippen LogP contribution >= 0.6 is 23.2 Å². The Kier molecular flexibility index (Phi) is 6.74. The minimum absolute atomic E-state index is 0.278. The third-order valence-corrected chi connectivity index (χ3v) is 3.77. The number of carbonyl (C=O) groups excluding carboxylic acids is 2. The molecule has 7 heteroatoms. The minimum Gasteiger partial charge on any atom is -0.318 e. The molecule has 0 saturated heterocycles. The fraction of sp³-hybridized carbons (Fsp3) is 0.0556. The van der Waals surface area contributed by atoms with Crippen molar-refractivity contribution in [1.29, 1.82) is 0 Å². The minimum atomic E-state index is -0.890. The number of hydrogen-bond acceptors (Lipinski definition) is 3. The van der Waals surface area contributed by atoms with Crippen LogP contribution in [0.25, 0.3) is 6.08 Å². The van der Waals surface area contributed by atoms with Crippen molar-refractivity contribution in [1.82, 2.24) is 5.43 Å². The summed E-state index contributed by atoms with van der Waals surface area (Å²) in [7, 11) is 0. The lowest BCUT2D eigenvalue weighted by Gasteiger charge is -2.05. The average Bonchev–Trinajstić information content (AvgIpc) is 2.61. The first-order chi connectivity index (χ1) is 12.0. The van der Waals surface area contributed by atoms with E-state index in [1.807, 2.05) is 36.4 Å². The molecule has 0 saturated carbocycles. The van der Waals surface area contributed by atoms with Gasteiger partial charge in [-0.1, -0.05) is 59.6 Å². The van der Waals surface area contributed by atoms with Crippen LogP contribution in [0.4, 0.5) is 5.69 Å². The van der Waals surface area contributed by atoms with Crippen molar-refractivity contribution >= 4 is 52.5 Å². The summed E-state index contributed by atoms with van der Waals surface area (Å²) in [6, 6.07) is 14.1. The molecule has 25 heavy (non-hydrogen) atoms. The van der Waals surface area contributed by atoms with Crippen molar-refractivity contribution < 1.29 is 9.59 Å². The Hall–Kier alpha value is -2.63. The number of nitrogens with zero attached hydrogens (tertiary/aromatic N) is 1. The van der Waals surface area contributed by atoms with Gasteiger partial charge >= 0.3 is 11.8 Å². The molecule has 0 radical (unpaired) electrons. The molecule has 0 unspecified atom stereocenters. The van der Waals surface area contributed by atoms with Gasteiger partial charge < -0.3 is 5.32 Å². The Labute approximate surface area is 155 Å². The normalized spacial score (nSPS) is 11.4. The van der Waals surface area contributed by atoms with E-state index in [1.165, 1.54) is 18.2 Å². The van der Waals surface area contributed by atoms with E-state index >= 15 is 0 Å². The highest BCUT2D eigenvalue weighted by Gasteiger charge is 2.13. The molecule has 2 amide bonds. The number of rotatable bonds is 4. The molecule has 0 spiro atoms. The number of hydrazone groups is 1. The van der Waals surface area contributed by atoms with E-state index in [1.54, 1.807) is 13.0 Å². The molecule has 5 nitrogen and oxygen atoms in total. The highest BCUT2D eigenvalue weighted by molar-refractivity contribution is 6.43. The summed E-state index contributed by atoms with van der Waals surface area (Å²) < 4.78 is 0. The van der Waals surface area contributed by atoms with Crippen molar-refractivity contribution in [3.8, 4) is 0 Å². The Balaban J connectivity index is 1.90. The van der Waals surface area contributed by atoms with Crippen molar-refractivity contribution in [3.05, 3.63) is 70.2 Å². The van der Waals surface area contributed by atoms with Gasteiger partial charge in [0.2, 0.25) is 0 Å². The lowest BCUT2D eigenvalue weighted by molar-refractivity contribution is -0.136. The van der Waals surface area contributed by atoms with Crippen molar-refractivity contribution in [2.75, 3.05) is 5.32 Å². The number of nitrogens with one attached hydrogen (secondary N) is 2. The number of benzene rings is 2. The summed E-state index contributed by atoms with van der Waals surface area (Å²) >= 11 is 11.6. The van der Waals surface area contributed by atoms with Gasteiger partial charge in [0.25, 0.3) is 0 Å². The zero-order valence-corrected chi connectivity index (χ0v) is 14.8. The van der Waals surface area contributed by atoms with Crippen molar-refractivity contribution in [2.45, 2.75) is 6.92 Å². The van der Waals surface area contributed by atoms with Crippen LogP contribution in [0.5, 0.6) is 0 Å². The molecule has 2 aromatic carbocycles. The first-order valence-electron chi connectivity index (χ1n) is 7.29. The Morgan fingerprint density at radius 2 is 1.72 bits per heavy atom. The Morgan fingerprint density at radius 3 is 2.40 bits per heavy atom. The van der Waals surface area contributed by atoms with E-state index in [0.29, 0.717) is 16.4 Å². The van der Waals surface area contributed by atoms with Crippen molar-refractivity contribution in [3.63, 3.8) is 0 Å². The molecule has 0 aromatic heterocycles. The molecule has 0 bridgehead atoms. The highest BCUT2D eigenvalue weighted by Crippen LogP contribution is 2.24. The fourth-order valence-corrected chi connectivity index (χ4v) is 2.07. The zero-order valence-electron chi connectivity index (χ0n) is 13.3. The molecule has 2 rings (SSSR count). The van der Waals surface area contributed by atoms with Gasteiger partial charge in [0.15, 0.2) is 0 Å². The summed E-state index contributed by atoms with van der Waals surface area (Å²) in [5, 5.41) is 6.90. The van der Waals surface area contributed by atoms with E-state index in [4.69, 9.17) is 23.2 Å². The van der Waals surface area contributed by atoms with Crippen LogP contribution in [0.3, 0.4) is 0 Å². The van der Waals surface area contributed by atoms with Gasteiger partial charge in [0, 0.05) is 5.69 Å². The molecule has 0 aliphatic rings. The SMILES string of the molecule is CC(/C=C/c1ccccc1)=N\NC(=O)C(=O)Nc1ccc(Cl)c(Cl)c1. The maximum absolute atomic E-state index is 11.8. The van der Waals surface area contributed by atoms with Gasteiger partial charge in [-0.2, -0.15) is 5.10 Å². The van der Waals surface area contributed by atoms with Crippen LogP contribution in [0.1, 0.15) is 12.5 Å². The van der Waals surface area contributed by atoms with E-state index in [9.17, 15) is 9.59 Å². The van der Waals surface area contributed by atoms with Gasteiger partial charge in [-0.15, -0.1) is 0 Å². The summed E-state index contributed by atoms with van der Waals surface area (Å²) in [6.07, 6.45) is 3.58. The molecular weight excluding hydrogens is 361 g/mol. The number of hydrogen-bond donors (Lipinski definition) is 2. The lowest BCUT2D eigenvalue weighted by Crippen LogP contribution is -2.32. The number of halogens is 2. The molecule has 0 aliphatic carbocycles. The van der Waals surface area contributed by atoms with Crippen LogP contribution in [0.2, 0.25) is 10.0 Å². The summed E-state index contributed by atoms with van der Waals surface area (Å²) in [5.41, 5.74) is 4.09. The predicted octanol–water partition coefficient (Wildman–Crippen LogP) is 4.14. The van der Waals surface area contributed by atoms with Crippen LogP contribution in [0.15, 0.2) is 59.7 Å². The molecule has 0 atom stereocenters. The molecule has 0 heterocycles. The smallest absolute Gasteiger partial charge is 0.318 e. The summed E-state index contributed by atoms with van der Waals surface area (Å²) in [6.45, 7) is 1.70. The second-order valence-corrected chi connectivity index (χ2v) is 5.84. The topological polar surface area (TPSA) is 70.6 Å². The quantitative estimate of drug-likeness (QED) is 0.478. The standard InChI is InChI=1S/C18H15Cl2N3O2/c1-12(7-8-13-5-3-2-4-6-13)22-23-18(25)17(24)21-14-9-10-15(19)16(20)11-14/h2-11H,1H3,(H,21,24)(H,23,25)/b8-7+,22-12+. The van der Waals surface area contributed by atoms with E-state index in [0.717, 1.165) is 5.56 Å². The first-order valence-corrected chi connectivity index (χ1v) is 8.05. The summed E-state index contributed by atoms with van der Waals surface area (Å²) in [4.78, 5) is 23.6. The third kappa shape index (κ3) is 6.06. The number of amides is 2. The monoisotopic (exact) mass is 375 g/mol. The number of allylic oxidation sites excluding steroid dienone is 1. The van der Waals surface area contributed by atoms with Gasteiger partial charge in [-0.25, -0.2) is 5.43 Å². The van der Waals surface area contributed by atoms with Gasteiger partial charge in [-0.05, 0) is 36.8 Å². The fourth-order valence-electron chi connectivity index (χ4n) is 1.77. The molecule has 2 N–H and O–H groups in total. The first kappa shape index (κ1) is 18.7.